The molecule has 0 spiro atoms. The lowest BCUT2D eigenvalue weighted by Crippen LogP contribution is -2.49. The molecule has 0 amide bonds. The molecule has 2 unspecified atom stereocenters. The molecule has 0 saturated carbocycles. The Morgan fingerprint density at radius 2 is 2.29 bits per heavy atom. The smallest absolute Gasteiger partial charge is 0.409 e. The first kappa shape index (κ1) is 11.7. The molecule has 1 aromatic heterocycles. The maximum Gasteiger partial charge on any atom is 0.409 e. The van der Waals surface area contributed by atoms with E-state index in [0.29, 0.717) is 5.69 Å². The molecule has 2 N–H and O–H groups in total. The third kappa shape index (κ3) is 1.94. The van der Waals surface area contributed by atoms with Gasteiger partial charge in [-0.15, -0.1) is 0 Å². The number of fused-ring (bicyclic) bond motifs is 1. The van der Waals surface area contributed by atoms with E-state index in [2.05, 4.69) is 10.4 Å². The van der Waals surface area contributed by atoms with Crippen molar-refractivity contribution in [1.82, 2.24) is 9.78 Å². The Hall–Kier alpha value is -1.73. The maximum absolute atomic E-state index is 12.7. The van der Waals surface area contributed by atoms with Gasteiger partial charge < -0.3 is 10.4 Å². The van der Waals surface area contributed by atoms with Gasteiger partial charge in [-0.2, -0.15) is 18.3 Å². The fourth-order valence-electron chi connectivity index (χ4n) is 1.96. The summed E-state index contributed by atoms with van der Waals surface area (Å²) in [7, 11) is 1.56. The second kappa shape index (κ2) is 3.64. The summed E-state index contributed by atoms with van der Waals surface area (Å²) >= 11 is 0. The second-order valence-corrected chi connectivity index (χ2v) is 3.94. The van der Waals surface area contributed by atoms with Gasteiger partial charge in [-0.1, -0.05) is 0 Å². The molecule has 0 aliphatic carbocycles. The molecular formula is C9H10F3N3O2. The fraction of sp³-hybridized carbons (Fsp3) is 0.556. The van der Waals surface area contributed by atoms with Crippen molar-refractivity contribution in [3.63, 3.8) is 0 Å². The van der Waals surface area contributed by atoms with Crippen molar-refractivity contribution in [2.45, 2.75) is 18.6 Å². The average Bonchev–Trinajstić information content (AvgIpc) is 2.57. The molecule has 0 aromatic carbocycles. The predicted octanol–water partition coefficient (Wildman–Crippen LogP) is 1.02. The van der Waals surface area contributed by atoms with Crippen molar-refractivity contribution in [1.29, 1.82) is 0 Å². The molecule has 0 saturated heterocycles. The molecule has 0 radical (unpaired) electrons. The number of nitrogens with one attached hydrogen (secondary N) is 1. The molecule has 1 aromatic rings. The van der Waals surface area contributed by atoms with Crippen molar-refractivity contribution >= 4 is 11.7 Å². The molecule has 2 rings (SSSR count). The first-order chi connectivity index (χ1) is 7.80. The molecule has 5 nitrogen and oxygen atoms in total. The van der Waals surface area contributed by atoms with Crippen LogP contribution in [0.25, 0.3) is 0 Å². The summed E-state index contributed by atoms with van der Waals surface area (Å²) in [5, 5.41) is 14.9. The Balaban J connectivity index is 2.39. The summed E-state index contributed by atoms with van der Waals surface area (Å²) in [6.07, 6.45) is -3.51. The van der Waals surface area contributed by atoms with Gasteiger partial charge >= 0.3 is 12.1 Å². The lowest BCUT2D eigenvalue weighted by Gasteiger charge is -2.31. The number of anilines is 1. The first-order valence-corrected chi connectivity index (χ1v) is 4.87. The highest BCUT2D eigenvalue weighted by molar-refractivity contribution is 5.74. The Morgan fingerprint density at radius 3 is 2.82 bits per heavy atom. The average molecular weight is 249 g/mol. The van der Waals surface area contributed by atoms with Crippen molar-refractivity contribution in [2.24, 2.45) is 13.0 Å². The van der Waals surface area contributed by atoms with Gasteiger partial charge in [0.2, 0.25) is 0 Å². The number of halogens is 3. The van der Waals surface area contributed by atoms with Gasteiger partial charge in [0, 0.05) is 13.5 Å². The van der Waals surface area contributed by atoms with E-state index in [-0.39, 0.29) is 12.1 Å². The van der Waals surface area contributed by atoms with Gasteiger partial charge in [-0.25, -0.2) is 0 Å². The number of aryl methyl sites for hydroxylation is 1. The second-order valence-electron chi connectivity index (χ2n) is 3.94. The molecule has 1 aliphatic heterocycles. The van der Waals surface area contributed by atoms with Crippen LogP contribution in [0, 0.1) is 5.92 Å². The molecule has 0 bridgehead atoms. The van der Waals surface area contributed by atoms with Crippen LogP contribution in [-0.2, 0) is 18.3 Å². The Labute approximate surface area is 94.2 Å². The zero-order valence-corrected chi connectivity index (χ0v) is 8.82. The maximum atomic E-state index is 12.7. The monoisotopic (exact) mass is 249 g/mol. The largest absolute Gasteiger partial charge is 0.481 e. The first-order valence-electron chi connectivity index (χ1n) is 4.87. The Bertz CT molecular complexity index is 455. The van der Waals surface area contributed by atoms with Crippen LogP contribution in [-0.4, -0.2) is 33.1 Å². The van der Waals surface area contributed by atoms with Crippen molar-refractivity contribution in [3.05, 3.63) is 11.9 Å². The van der Waals surface area contributed by atoms with Crippen LogP contribution in [0.15, 0.2) is 6.20 Å². The zero-order valence-electron chi connectivity index (χ0n) is 8.82. The van der Waals surface area contributed by atoms with E-state index in [1.54, 1.807) is 7.05 Å². The van der Waals surface area contributed by atoms with Crippen LogP contribution >= 0.6 is 0 Å². The van der Waals surface area contributed by atoms with E-state index in [4.69, 9.17) is 5.11 Å². The molecule has 2 atom stereocenters. The van der Waals surface area contributed by atoms with Gasteiger partial charge in [0.1, 0.15) is 6.04 Å². The van der Waals surface area contributed by atoms with Gasteiger partial charge in [0.15, 0.2) is 0 Å². The summed E-state index contributed by atoms with van der Waals surface area (Å²) in [4.78, 5) is 10.9. The van der Waals surface area contributed by atoms with Crippen LogP contribution in [0.4, 0.5) is 18.9 Å². The SMILES string of the molecule is Cn1ncc2c1CC(C(=O)O)C(C(F)(F)F)N2. The molecular weight excluding hydrogens is 239 g/mol. The summed E-state index contributed by atoms with van der Waals surface area (Å²) in [5.41, 5.74) is 0.713. The summed E-state index contributed by atoms with van der Waals surface area (Å²) < 4.78 is 39.5. The highest BCUT2D eigenvalue weighted by atomic mass is 19.4. The summed E-state index contributed by atoms with van der Waals surface area (Å²) in [6.45, 7) is 0. The Morgan fingerprint density at radius 1 is 1.65 bits per heavy atom. The number of carbonyl (C=O) groups is 1. The summed E-state index contributed by atoms with van der Waals surface area (Å²) in [6, 6.07) is -2.07. The third-order valence-electron chi connectivity index (χ3n) is 2.86. The molecule has 2 heterocycles. The number of rotatable bonds is 1. The summed E-state index contributed by atoms with van der Waals surface area (Å²) in [5.74, 6) is -3.00. The number of carboxylic acid groups (broad SMARTS) is 1. The van der Waals surface area contributed by atoms with E-state index < -0.39 is 24.1 Å². The minimum absolute atomic E-state index is 0.182. The number of aromatic nitrogens is 2. The van der Waals surface area contributed by atoms with Crippen LogP contribution in [0.1, 0.15) is 5.69 Å². The topological polar surface area (TPSA) is 67.2 Å². The molecule has 8 heteroatoms. The van der Waals surface area contributed by atoms with E-state index >= 15 is 0 Å². The van der Waals surface area contributed by atoms with Crippen LogP contribution < -0.4 is 5.32 Å². The zero-order chi connectivity index (χ0) is 12.8. The minimum atomic E-state index is -4.60. The molecule has 17 heavy (non-hydrogen) atoms. The van der Waals surface area contributed by atoms with E-state index in [1.807, 2.05) is 0 Å². The third-order valence-corrected chi connectivity index (χ3v) is 2.86. The highest BCUT2D eigenvalue weighted by Crippen LogP contribution is 2.36. The number of hydrogen-bond donors (Lipinski definition) is 2. The molecule has 94 valence electrons. The lowest BCUT2D eigenvalue weighted by atomic mass is 9.90. The van der Waals surface area contributed by atoms with Crippen molar-refractivity contribution < 1.29 is 23.1 Å². The van der Waals surface area contributed by atoms with E-state index in [0.717, 1.165) is 0 Å². The highest BCUT2D eigenvalue weighted by Gasteiger charge is 2.50. The standard InChI is InChI=1S/C9H10F3N3O2/c1-15-6-2-4(8(16)17)7(9(10,11)12)14-5(6)3-13-15/h3-4,7,14H,2H2,1H3,(H,16,17). The van der Waals surface area contributed by atoms with Crippen LogP contribution in [0.3, 0.4) is 0 Å². The fourth-order valence-corrected chi connectivity index (χ4v) is 1.96. The number of aliphatic carboxylic acids is 1. The number of nitrogens with zero attached hydrogens (tertiary/aromatic N) is 2. The van der Waals surface area contributed by atoms with E-state index in [1.165, 1.54) is 10.9 Å². The Kier molecular flexibility index (Phi) is 2.52. The van der Waals surface area contributed by atoms with Crippen LogP contribution in [0.2, 0.25) is 0 Å². The predicted molar refractivity (Wildman–Crippen MR) is 51.5 cm³/mol. The van der Waals surface area contributed by atoms with Gasteiger partial charge in [-0.3, -0.25) is 9.48 Å². The number of carboxylic acids is 1. The number of alkyl halides is 3. The number of hydrogen-bond acceptors (Lipinski definition) is 3. The van der Waals surface area contributed by atoms with Crippen molar-refractivity contribution in [2.75, 3.05) is 5.32 Å². The lowest BCUT2D eigenvalue weighted by molar-refractivity contribution is -0.169. The van der Waals surface area contributed by atoms with Gasteiger partial charge in [0.25, 0.3) is 0 Å². The minimum Gasteiger partial charge on any atom is -0.481 e. The van der Waals surface area contributed by atoms with Crippen molar-refractivity contribution in [3.8, 4) is 0 Å². The molecule has 1 aliphatic rings. The molecule has 0 fully saturated rings. The van der Waals surface area contributed by atoms with E-state index in [9.17, 15) is 18.0 Å². The quantitative estimate of drug-likeness (QED) is 0.779. The normalized spacial score (nSPS) is 24.0. The van der Waals surface area contributed by atoms with Gasteiger partial charge in [0.05, 0.1) is 23.5 Å². The van der Waals surface area contributed by atoms with Gasteiger partial charge in [-0.05, 0) is 0 Å². The van der Waals surface area contributed by atoms with Crippen LogP contribution in [0.5, 0.6) is 0 Å².